The van der Waals surface area contributed by atoms with E-state index in [1.165, 1.54) is 4.90 Å². The molecule has 0 spiro atoms. The van der Waals surface area contributed by atoms with Gasteiger partial charge >= 0.3 is 5.97 Å². The van der Waals surface area contributed by atoms with Crippen LogP contribution in [0.1, 0.15) is 6.42 Å². The quantitative estimate of drug-likeness (QED) is 0.887. The SMILES string of the molecule is O=C(O)C1COCCN1C(=O)C1CC(=O)N(c2cccc3ccccc23)C1. The molecular formula is C20H20N2O5. The predicted molar refractivity (Wildman–Crippen MR) is 98.4 cm³/mol. The topological polar surface area (TPSA) is 87.1 Å². The second kappa shape index (κ2) is 7.00. The number of carbonyl (C=O) groups is 3. The molecule has 0 aromatic heterocycles. The van der Waals surface area contributed by atoms with Crippen molar-refractivity contribution in [2.75, 3.05) is 31.2 Å². The van der Waals surface area contributed by atoms with Gasteiger partial charge < -0.3 is 19.6 Å². The average Bonchev–Trinajstić information content (AvgIpc) is 3.08. The van der Waals surface area contributed by atoms with Crippen LogP contribution in [-0.2, 0) is 19.1 Å². The molecule has 27 heavy (non-hydrogen) atoms. The van der Waals surface area contributed by atoms with Crippen molar-refractivity contribution < 1.29 is 24.2 Å². The molecule has 2 amide bonds. The first kappa shape index (κ1) is 17.5. The number of morpholine rings is 1. The van der Waals surface area contributed by atoms with Gasteiger partial charge in [0.05, 0.1) is 24.8 Å². The van der Waals surface area contributed by atoms with Crippen molar-refractivity contribution in [2.24, 2.45) is 5.92 Å². The number of hydrogen-bond donors (Lipinski definition) is 1. The van der Waals surface area contributed by atoms with Crippen LogP contribution in [0.2, 0.25) is 0 Å². The first-order valence-electron chi connectivity index (χ1n) is 8.95. The van der Waals surface area contributed by atoms with Gasteiger partial charge in [0.15, 0.2) is 6.04 Å². The van der Waals surface area contributed by atoms with Crippen LogP contribution in [-0.4, -0.2) is 60.1 Å². The second-order valence-corrected chi connectivity index (χ2v) is 6.86. The Morgan fingerprint density at radius 3 is 2.70 bits per heavy atom. The predicted octanol–water partition coefficient (Wildman–Crippen LogP) is 1.50. The molecule has 1 N–H and O–H groups in total. The lowest BCUT2D eigenvalue weighted by molar-refractivity contribution is -0.160. The number of anilines is 1. The minimum absolute atomic E-state index is 0.0191. The van der Waals surface area contributed by atoms with Gasteiger partial charge in [0.1, 0.15) is 0 Å². The molecule has 7 nitrogen and oxygen atoms in total. The summed E-state index contributed by atoms with van der Waals surface area (Å²) in [6.07, 6.45) is 0.0890. The molecule has 2 saturated heterocycles. The smallest absolute Gasteiger partial charge is 0.328 e. The monoisotopic (exact) mass is 368 g/mol. The zero-order chi connectivity index (χ0) is 19.0. The van der Waals surface area contributed by atoms with Gasteiger partial charge in [-0.05, 0) is 11.5 Å². The molecule has 4 rings (SSSR count). The number of ether oxygens (including phenoxy) is 1. The molecule has 2 heterocycles. The van der Waals surface area contributed by atoms with Crippen LogP contribution in [0.3, 0.4) is 0 Å². The molecule has 0 aliphatic carbocycles. The molecule has 140 valence electrons. The third-order valence-corrected chi connectivity index (χ3v) is 5.23. The van der Waals surface area contributed by atoms with Crippen LogP contribution in [0, 0.1) is 5.92 Å². The van der Waals surface area contributed by atoms with Crippen molar-refractivity contribution in [1.29, 1.82) is 0 Å². The van der Waals surface area contributed by atoms with Gasteiger partial charge in [-0.3, -0.25) is 9.59 Å². The largest absolute Gasteiger partial charge is 0.480 e. The number of carboxylic acids is 1. The van der Waals surface area contributed by atoms with Crippen LogP contribution in [0.5, 0.6) is 0 Å². The van der Waals surface area contributed by atoms with E-state index in [0.717, 1.165) is 16.5 Å². The highest BCUT2D eigenvalue weighted by Gasteiger charge is 2.41. The van der Waals surface area contributed by atoms with E-state index in [2.05, 4.69) is 0 Å². The lowest BCUT2D eigenvalue weighted by atomic mass is 10.0. The summed E-state index contributed by atoms with van der Waals surface area (Å²) in [6, 6.07) is 12.5. The van der Waals surface area contributed by atoms with Crippen molar-refractivity contribution in [3.63, 3.8) is 0 Å². The van der Waals surface area contributed by atoms with Crippen LogP contribution in [0.4, 0.5) is 5.69 Å². The maximum Gasteiger partial charge on any atom is 0.328 e. The van der Waals surface area contributed by atoms with Crippen molar-refractivity contribution in [3.8, 4) is 0 Å². The van der Waals surface area contributed by atoms with E-state index in [4.69, 9.17) is 4.74 Å². The number of hydrogen-bond acceptors (Lipinski definition) is 4. The minimum Gasteiger partial charge on any atom is -0.480 e. The van der Waals surface area contributed by atoms with Gasteiger partial charge in [-0.1, -0.05) is 36.4 Å². The van der Waals surface area contributed by atoms with Gasteiger partial charge in [0.2, 0.25) is 11.8 Å². The normalized spacial score (nSPS) is 23.0. The second-order valence-electron chi connectivity index (χ2n) is 6.86. The summed E-state index contributed by atoms with van der Waals surface area (Å²) in [5, 5.41) is 11.3. The van der Waals surface area contributed by atoms with Crippen LogP contribution in [0.25, 0.3) is 10.8 Å². The highest BCUT2D eigenvalue weighted by Crippen LogP contribution is 2.32. The van der Waals surface area contributed by atoms with Gasteiger partial charge in [-0.2, -0.15) is 0 Å². The van der Waals surface area contributed by atoms with E-state index in [1.807, 2.05) is 42.5 Å². The number of fused-ring (bicyclic) bond motifs is 1. The van der Waals surface area contributed by atoms with Crippen LogP contribution < -0.4 is 4.90 Å². The molecule has 2 aliphatic rings. The van der Waals surface area contributed by atoms with Crippen molar-refractivity contribution in [1.82, 2.24) is 4.90 Å². The number of nitrogens with zero attached hydrogens (tertiary/aromatic N) is 2. The van der Waals surface area contributed by atoms with Gasteiger partial charge in [-0.25, -0.2) is 4.79 Å². The molecule has 0 saturated carbocycles. The zero-order valence-electron chi connectivity index (χ0n) is 14.7. The molecule has 2 aromatic rings. The van der Waals surface area contributed by atoms with Crippen LogP contribution >= 0.6 is 0 Å². The fourth-order valence-corrected chi connectivity index (χ4v) is 3.86. The Labute approximate surface area is 156 Å². The number of benzene rings is 2. The Balaban J connectivity index is 1.58. The third kappa shape index (κ3) is 3.14. The average molecular weight is 368 g/mol. The molecular weight excluding hydrogens is 348 g/mol. The molecule has 2 unspecified atom stereocenters. The number of carbonyl (C=O) groups excluding carboxylic acids is 2. The Kier molecular flexibility index (Phi) is 4.53. The Bertz CT molecular complexity index is 907. The Morgan fingerprint density at radius 2 is 1.89 bits per heavy atom. The molecule has 0 bridgehead atoms. The van der Waals surface area contributed by atoms with E-state index >= 15 is 0 Å². The highest BCUT2D eigenvalue weighted by atomic mass is 16.5. The first-order chi connectivity index (χ1) is 13.1. The Hall–Kier alpha value is -2.93. The highest BCUT2D eigenvalue weighted by molar-refractivity contribution is 6.07. The van der Waals surface area contributed by atoms with Gasteiger partial charge in [-0.15, -0.1) is 0 Å². The van der Waals surface area contributed by atoms with Crippen molar-refractivity contribution >= 4 is 34.2 Å². The maximum atomic E-state index is 12.9. The summed E-state index contributed by atoms with van der Waals surface area (Å²) in [4.78, 5) is 40.0. The molecule has 2 atom stereocenters. The number of aliphatic carboxylic acids is 1. The molecule has 2 aliphatic heterocycles. The lowest BCUT2D eigenvalue weighted by Crippen LogP contribution is -2.54. The molecule has 7 heteroatoms. The Morgan fingerprint density at radius 1 is 1.11 bits per heavy atom. The number of rotatable bonds is 3. The van der Waals surface area contributed by atoms with Crippen LogP contribution in [0.15, 0.2) is 42.5 Å². The van der Waals surface area contributed by atoms with Crippen molar-refractivity contribution in [2.45, 2.75) is 12.5 Å². The van der Waals surface area contributed by atoms with Crippen molar-refractivity contribution in [3.05, 3.63) is 42.5 Å². The van der Waals surface area contributed by atoms with E-state index < -0.39 is 17.9 Å². The van der Waals surface area contributed by atoms with E-state index in [-0.39, 0.29) is 37.9 Å². The number of amides is 2. The van der Waals surface area contributed by atoms with Gasteiger partial charge in [0.25, 0.3) is 0 Å². The summed E-state index contributed by atoms with van der Waals surface area (Å²) in [5.41, 5.74) is 0.783. The standard InChI is InChI=1S/C20H20N2O5/c23-18-10-14(19(24)21-8-9-27-12-17(21)20(25)26)11-22(18)16-7-3-5-13-4-1-2-6-15(13)16/h1-7,14,17H,8-12H2,(H,25,26). The summed E-state index contributed by atoms with van der Waals surface area (Å²) in [6.45, 7) is 0.780. The lowest BCUT2D eigenvalue weighted by Gasteiger charge is -2.34. The third-order valence-electron chi connectivity index (χ3n) is 5.23. The summed E-state index contributed by atoms with van der Waals surface area (Å²) in [7, 11) is 0. The minimum atomic E-state index is -1.08. The molecule has 2 fully saturated rings. The molecule has 0 radical (unpaired) electrons. The summed E-state index contributed by atoms with van der Waals surface area (Å²) >= 11 is 0. The van der Waals surface area contributed by atoms with E-state index in [9.17, 15) is 19.5 Å². The van der Waals surface area contributed by atoms with Gasteiger partial charge in [0, 0.05) is 24.9 Å². The molecule has 2 aromatic carbocycles. The number of carboxylic acid groups (broad SMARTS) is 1. The summed E-state index contributed by atoms with van der Waals surface area (Å²) in [5.74, 6) is -2.04. The van der Waals surface area contributed by atoms with E-state index in [1.54, 1.807) is 4.90 Å². The zero-order valence-corrected chi connectivity index (χ0v) is 14.7. The fraction of sp³-hybridized carbons (Fsp3) is 0.350. The summed E-state index contributed by atoms with van der Waals surface area (Å²) < 4.78 is 5.19. The fourth-order valence-electron chi connectivity index (χ4n) is 3.86. The maximum absolute atomic E-state index is 12.9. The van der Waals surface area contributed by atoms with E-state index in [0.29, 0.717) is 6.61 Å². The first-order valence-corrected chi connectivity index (χ1v) is 8.95.